The molecule has 4 rings (SSSR count). The second-order valence-corrected chi connectivity index (χ2v) is 12.0. The number of nitrogens with zero attached hydrogens (tertiary/aromatic N) is 1. The van der Waals surface area contributed by atoms with E-state index in [-0.39, 0.29) is 11.3 Å². The number of hydrogen-bond donors (Lipinski definition) is 2. The topological polar surface area (TPSA) is 43.7 Å². The Bertz CT molecular complexity index is 809. The summed E-state index contributed by atoms with van der Waals surface area (Å²) < 4.78 is 27.1. The van der Waals surface area contributed by atoms with Crippen molar-refractivity contribution in [1.82, 2.24) is 4.90 Å². The molecule has 0 aromatic rings. The third-order valence-electron chi connectivity index (χ3n) is 9.75. The quantitative estimate of drug-likeness (QED) is 0.558. The molecule has 3 nitrogen and oxygen atoms in total. The predicted octanol–water partition coefficient (Wildman–Crippen LogP) is 5.60. The van der Waals surface area contributed by atoms with Crippen LogP contribution in [0.4, 0.5) is 8.78 Å². The Hall–Kier alpha value is -1.04. The van der Waals surface area contributed by atoms with Crippen molar-refractivity contribution >= 4 is 0 Å². The molecule has 1 saturated heterocycles. The molecule has 0 amide bonds. The van der Waals surface area contributed by atoms with Crippen LogP contribution in [0.1, 0.15) is 66.2 Å². The molecule has 186 valence electrons. The van der Waals surface area contributed by atoms with Gasteiger partial charge in [-0.25, -0.2) is 8.78 Å². The van der Waals surface area contributed by atoms with Crippen molar-refractivity contribution in [1.29, 1.82) is 0 Å². The third-order valence-corrected chi connectivity index (χ3v) is 9.75. The minimum atomic E-state index is -2.56. The minimum Gasteiger partial charge on any atom is -0.392 e. The number of rotatable bonds is 5. The van der Waals surface area contributed by atoms with Gasteiger partial charge >= 0.3 is 0 Å². The van der Waals surface area contributed by atoms with E-state index < -0.39 is 24.0 Å². The largest absolute Gasteiger partial charge is 0.392 e. The van der Waals surface area contributed by atoms with Gasteiger partial charge in [-0.15, -0.1) is 0 Å². The van der Waals surface area contributed by atoms with Crippen molar-refractivity contribution in [3.63, 3.8) is 0 Å². The van der Waals surface area contributed by atoms with Gasteiger partial charge < -0.3 is 15.1 Å². The lowest BCUT2D eigenvalue weighted by atomic mass is 9.61. The molecule has 0 aromatic heterocycles. The van der Waals surface area contributed by atoms with Gasteiger partial charge in [0.15, 0.2) is 0 Å². The van der Waals surface area contributed by atoms with Crippen LogP contribution < -0.4 is 0 Å². The molecule has 0 spiro atoms. The molecule has 7 atom stereocenters. The van der Waals surface area contributed by atoms with Gasteiger partial charge in [0.1, 0.15) is 0 Å². The van der Waals surface area contributed by atoms with Crippen molar-refractivity contribution in [2.24, 2.45) is 35.0 Å². The second-order valence-electron chi connectivity index (χ2n) is 12.0. The van der Waals surface area contributed by atoms with Crippen LogP contribution in [0.5, 0.6) is 0 Å². The molecule has 0 bridgehead atoms. The van der Waals surface area contributed by atoms with Crippen LogP contribution in [0.25, 0.3) is 0 Å². The van der Waals surface area contributed by atoms with E-state index in [4.69, 9.17) is 0 Å². The zero-order valence-electron chi connectivity index (χ0n) is 20.9. The number of halogens is 2. The maximum absolute atomic E-state index is 13.5. The highest BCUT2D eigenvalue weighted by molar-refractivity contribution is 5.39. The van der Waals surface area contributed by atoms with Gasteiger partial charge in [-0.3, -0.25) is 0 Å². The first-order chi connectivity index (χ1) is 15.4. The van der Waals surface area contributed by atoms with E-state index in [0.29, 0.717) is 37.3 Å². The fraction of sp³-hybridized carbons (Fsp3) is 0.786. The summed E-state index contributed by atoms with van der Waals surface area (Å²) in [7, 11) is 0. The molecular formula is C28H43F2NO2. The molecule has 0 aromatic carbocycles. The molecule has 0 radical (unpaired) electrons. The number of alkyl halides is 2. The lowest BCUT2D eigenvalue weighted by Crippen LogP contribution is -2.55. The van der Waals surface area contributed by atoms with E-state index in [1.165, 1.54) is 31.3 Å². The average molecular weight is 464 g/mol. The molecule has 33 heavy (non-hydrogen) atoms. The number of fused-ring (bicyclic) bond motifs is 1. The number of likely N-dealkylation sites (tertiary alicyclic amines) is 1. The van der Waals surface area contributed by atoms with Crippen LogP contribution in [0, 0.1) is 35.0 Å². The molecule has 3 aliphatic carbocycles. The first-order valence-electron chi connectivity index (χ1n) is 13.0. The predicted molar refractivity (Wildman–Crippen MR) is 129 cm³/mol. The van der Waals surface area contributed by atoms with Crippen LogP contribution in [-0.4, -0.2) is 52.9 Å². The first-order valence-corrected chi connectivity index (χ1v) is 13.0. The van der Waals surface area contributed by atoms with E-state index in [1.54, 1.807) is 0 Å². The van der Waals surface area contributed by atoms with Gasteiger partial charge in [0.05, 0.1) is 12.2 Å². The number of allylic oxidation sites excluding steroid dienone is 3. The zero-order valence-corrected chi connectivity index (χ0v) is 20.9. The Balaban J connectivity index is 1.43. The van der Waals surface area contributed by atoms with E-state index in [9.17, 15) is 19.0 Å². The van der Waals surface area contributed by atoms with E-state index in [0.717, 1.165) is 31.0 Å². The van der Waals surface area contributed by atoms with Crippen molar-refractivity contribution in [3.05, 3.63) is 35.5 Å². The summed E-state index contributed by atoms with van der Waals surface area (Å²) >= 11 is 0. The molecule has 1 heterocycles. The maximum Gasteiger partial charge on any atom is 0.250 e. The zero-order chi connectivity index (χ0) is 24.1. The SMILES string of the molecule is C=C1C(=CC=C2CCC[C@]3(C)[C@@H](C(C)CN4CC(C(C)(F)F)C4)CC[C@@H]23)C[C@@H](O)[C@H](C)[C@@H]1O. The lowest BCUT2D eigenvalue weighted by molar-refractivity contribution is -0.109. The van der Waals surface area contributed by atoms with Crippen molar-refractivity contribution in [2.75, 3.05) is 19.6 Å². The Labute approximate surface area is 198 Å². The average Bonchev–Trinajstić information content (AvgIpc) is 3.07. The van der Waals surface area contributed by atoms with Crippen molar-refractivity contribution in [2.45, 2.75) is 84.4 Å². The summed E-state index contributed by atoms with van der Waals surface area (Å²) in [6, 6.07) is 0. The Morgan fingerprint density at radius 3 is 2.61 bits per heavy atom. The summed E-state index contributed by atoms with van der Waals surface area (Å²) in [5.74, 6) is -1.53. The standard InChI is InChI=1S/C28H43F2NO2/c1-17(14-31-15-22(16-31)28(5,29)30)23-10-11-24-20(7-6-12-27(23,24)4)8-9-21-13-25(32)19(3)26(33)18(21)2/h8-9,17,19,22-26,32-33H,2,6-7,10-16H2,1,3-5H3/t17?,19-,23+,24-,25+,26+,27+/m0/s1. The molecule has 5 heteroatoms. The maximum atomic E-state index is 13.5. The highest BCUT2D eigenvalue weighted by Crippen LogP contribution is 2.59. The molecule has 1 unspecified atom stereocenters. The molecule has 3 saturated carbocycles. The van der Waals surface area contributed by atoms with Gasteiger partial charge in [-0.1, -0.05) is 45.1 Å². The molecule has 1 aliphatic heterocycles. The van der Waals surface area contributed by atoms with E-state index in [2.05, 4.69) is 37.5 Å². The summed E-state index contributed by atoms with van der Waals surface area (Å²) in [6.07, 6.45) is 9.63. The Kier molecular flexibility index (Phi) is 6.99. The molecule has 4 aliphatic rings. The Morgan fingerprint density at radius 1 is 1.24 bits per heavy atom. The van der Waals surface area contributed by atoms with E-state index >= 15 is 0 Å². The van der Waals surface area contributed by atoms with Gasteiger partial charge in [0.2, 0.25) is 0 Å². The highest BCUT2D eigenvalue weighted by atomic mass is 19.3. The van der Waals surface area contributed by atoms with Gasteiger partial charge in [0, 0.05) is 31.5 Å². The number of hydrogen-bond acceptors (Lipinski definition) is 3. The normalized spacial score (nSPS) is 41.9. The summed E-state index contributed by atoms with van der Waals surface area (Å²) in [5, 5.41) is 20.7. The van der Waals surface area contributed by atoms with Crippen LogP contribution in [0.2, 0.25) is 0 Å². The first kappa shape index (κ1) is 25.1. The van der Waals surface area contributed by atoms with Gasteiger partial charge in [0.25, 0.3) is 5.92 Å². The van der Waals surface area contributed by atoms with Gasteiger partial charge in [-0.2, -0.15) is 0 Å². The second kappa shape index (κ2) is 9.20. The minimum absolute atomic E-state index is 0.178. The van der Waals surface area contributed by atoms with Crippen LogP contribution >= 0.6 is 0 Å². The highest BCUT2D eigenvalue weighted by Gasteiger charge is 2.51. The molecule has 4 fully saturated rings. The van der Waals surface area contributed by atoms with Crippen LogP contribution in [0.15, 0.2) is 35.5 Å². The third kappa shape index (κ3) is 4.75. The van der Waals surface area contributed by atoms with Gasteiger partial charge in [-0.05, 0) is 79.8 Å². The lowest BCUT2D eigenvalue weighted by Gasteiger charge is -2.47. The smallest absolute Gasteiger partial charge is 0.250 e. The number of aliphatic hydroxyl groups is 2. The summed E-state index contributed by atoms with van der Waals surface area (Å²) in [5.41, 5.74) is 3.47. The summed E-state index contributed by atoms with van der Waals surface area (Å²) in [4.78, 5) is 2.22. The summed E-state index contributed by atoms with van der Waals surface area (Å²) in [6.45, 7) is 13.8. The van der Waals surface area contributed by atoms with Crippen LogP contribution in [0.3, 0.4) is 0 Å². The molecular weight excluding hydrogens is 420 g/mol. The number of aliphatic hydroxyl groups excluding tert-OH is 2. The monoisotopic (exact) mass is 463 g/mol. The van der Waals surface area contributed by atoms with Crippen molar-refractivity contribution < 1.29 is 19.0 Å². The Morgan fingerprint density at radius 2 is 1.94 bits per heavy atom. The van der Waals surface area contributed by atoms with E-state index in [1.807, 2.05) is 6.92 Å². The van der Waals surface area contributed by atoms with Crippen LogP contribution in [-0.2, 0) is 0 Å². The fourth-order valence-corrected chi connectivity index (χ4v) is 7.43. The van der Waals surface area contributed by atoms with Crippen molar-refractivity contribution in [3.8, 4) is 0 Å². The molecule has 2 N–H and O–H groups in total. The fourth-order valence-electron chi connectivity index (χ4n) is 7.43.